The third-order valence-corrected chi connectivity index (χ3v) is 4.07. The van der Waals surface area contributed by atoms with Crippen molar-refractivity contribution in [2.45, 2.75) is 25.3 Å². The molecule has 3 rings (SSSR count). The van der Waals surface area contributed by atoms with Crippen LogP contribution in [-0.4, -0.2) is 55.9 Å². The molecule has 1 aliphatic heterocycles. The Kier molecular flexibility index (Phi) is 4.84. The molecule has 7 heteroatoms. The van der Waals surface area contributed by atoms with Crippen molar-refractivity contribution >= 4 is 11.9 Å². The van der Waals surface area contributed by atoms with Gasteiger partial charge in [0.2, 0.25) is 11.9 Å². The van der Waals surface area contributed by atoms with E-state index in [1.807, 2.05) is 6.20 Å². The molecule has 1 N–H and O–H groups in total. The molecule has 0 aromatic carbocycles. The number of aryl methyl sites for hydroxylation is 1. The molecule has 1 saturated heterocycles. The molecule has 2 heterocycles. The number of carbonyl (C=O) groups is 1. The van der Waals surface area contributed by atoms with Gasteiger partial charge in [-0.15, -0.1) is 0 Å². The van der Waals surface area contributed by atoms with E-state index in [4.69, 9.17) is 14.5 Å². The highest BCUT2D eigenvalue weighted by Crippen LogP contribution is 2.29. The van der Waals surface area contributed by atoms with Crippen molar-refractivity contribution in [3.63, 3.8) is 0 Å². The number of hydrogen-bond donors (Lipinski definition) is 1. The molecule has 1 amide bonds. The van der Waals surface area contributed by atoms with E-state index in [9.17, 15) is 4.79 Å². The zero-order valence-corrected chi connectivity index (χ0v) is 12.9. The highest BCUT2D eigenvalue weighted by molar-refractivity contribution is 5.77. The molecule has 0 saturated carbocycles. The van der Waals surface area contributed by atoms with Gasteiger partial charge in [-0.1, -0.05) is 0 Å². The quantitative estimate of drug-likeness (QED) is 0.870. The lowest BCUT2D eigenvalue weighted by molar-refractivity contribution is -0.125. The molecule has 2 aliphatic rings. The highest BCUT2D eigenvalue weighted by Gasteiger charge is 2.25. The second kappa shape index (κ2) is 7.02. The molecule has 22 heavy (non-hydrogen) atoms. The summed E-state index contributed by atoms with van der Waals surface area (Å²) in [7, 11) is 1.52. The summed E-state index contributed by atoms with van der Waals surface area (Å²) in [6.45, 7) is 3.17. The number of amides is 1. The summed E-state index contributed by atoms with van der Waals surface area (Å²) in [6.07, 6.45) is 4.74. The SMILES string of the molecule is COCC(=O)NC1CCCc2nc(N3CCOCC3)ncc21. The maximum atomic E-state index is 11.7. The first kappa shape index (κ1) is 15.2. The lowest BCUT2D eigenvalue weighted by Crippen LogP contribution is -2.38. The number of rotatable bonds is 4. The first-order valence-corrected chi connectivity index (χ1v) is 7.74. The van der Waals surface area contributed by atoms with Crippen LogP contribution in [0.4, 0.5) is 5.95 Å². The van der Waals surface area contributed by atoms with Crippen molar-refractivity contribution in [2.75, 3.05) is 44.9 Å². The van der Waals surface area contributed by atoms with Gasteiger partial charge in [0, 0.05) is 32.0 Å². The van der Waals surface area contributed by atoms with Crippen LogP contribution in [0.15, 0.2) is 6.20 Å². The Bertz CT molecular complexity index is 532. The van der Waals surface area contributed by atoms with Crippen LogP contribution in [0, 0.1) is 0 Å². The number of carbonyl (C=O) groups excluding carboxylic acids is 1. The minimum atomic E-state index is -0.0994. The Morgan fingerprint density at radius 2 is 2.32 bits per heavy atom. The smallest absolute Gasteiger partial charge is 0.246 e. The first-order chi connectivity index (χ1) is 10.8. The van der Waals surface area contributed by atoms with Crippen molar-refractivity contribution in [3.05, 3.63) is 17.5 Å². The van der Waals surface area contributed by atoms with Crippen LogP contribution >= 0.6 is 0 Å². The molecule has 1 aromatic rings. The Morgan fingerprint density at radius 3 is 3.09 bits per heavy atom. The van der Waals surface area contributed by atoms with E-state index >= 15 is 0 Å². The topological polar surface area (TPSA) is 76.6 Å². The molecule has 1 aromatic heterocycles. The van der Waals surface area contributed by atoms with Crippen LogP contribution < -0.4 is 10.2 Å². The number of hydrogen-bond acceptors (Lipinski definition) is 6. The van der Waals surface area contributed by atoms with Crippen molar-refractivity contribution < 1.29 is 14.3 Å². The zero-order chi connectivity index (χ0) is 15.4. The standard InChI is InChI=1S/C15H22N4O3/c1-21-10-14(20)17-12-3-2-4-13-11(12)9-16-15(18-13)19-5-7-22-8-6-19/h9,12H,2-8,10H2,1H3,(H,17,20). The number of nitrogens with one attached hydrogen (secondary N) is 1. The predicted octanol–water partition coefficient (Wildman–Crippen LogP) is 0.453. The van der Waals surface area contributed by atoms with Gasteiger partial charge in [0.05, 0.1) is 24.9 Å². The van der Waals surface area contributed by atoms with Crippen molar-refractivity contribution in [3.8, 4) is 0 Å². The summed E-state index contributed by atoms with van der Waals surface area (Å²) in [5, 5.41) is 3.00. The summed E-state index contributed by atoms with van der Waals surface area (Å²) in [5.74, 6) is 0.670. The number of fused-ring (bicyclic) bond motifs is 1. The fourth-order valence-electron chi connectivity index (χ4n) is 2.97. The van der Waals surface area contributed by atoms with E-state index in [1.54, 1.807) is 0 Å². The molecule has 120 valence electrons. The van der Waals surface area contributed by atoms with E-state index in [1.165, 1.54) is 7.11 Å². The lowest BCUT2D eigenvalue weighted by Gasteiger charge is -2.29. The Labute approximate surface area is 130 Å². The first-order valence-electron chi connectivity index (χ1n) is 7.74. The lowest BCUT2D eigenvalue weighted by atomic mass is 9.92. The number of aromatic nitrogens is 2. The molecule has 1 aliphatic carbocycles. The van der Waals surface area contributed by atoms with Crippen LogP contribution in [0.3, 0.4) is 0 Å². The number of ether oxygens (including phenoxy) is 2. The van der Waals surface area contributed by atoms with Gasteiger partial charge in [-0.2, -0.15) is 0 Å². The van der Waals surface area contributed by atoms with Crippen LogP contribution in [0.2, 0.25) is 0 Å². The minimum absolute atomic E-state index is 0.00913. The van der Waals surface area contributed by atoms with Crippen LogP contribution in [-0.2, 0) is 20.7 Å². The maximum Gasteiger partial charge on any atom is 0.246 e. The summed E-state index contributed by atoms with van der Waals surface area (Å²) in [4.78, 5) is 23.1. The minimum Gasteiger partial charge on any atom is -0.378 e. The van der Waals surface area contributed by atoms with Crippen molar-refractivity contribution in [2.24, 2.45) is 0 Å². The van der Waals surface area contributed by atoms with Crippen LogP contribution in [0.1, 0.15) is 30.1 Å². The monoisotopic (exact) mass is 306 g/mol. The summed E-state index contributed by atoms with van der Waals surface area (Å²) in [6, 6.07) is -0.00913. The van der Waals surface area contributed by atoms with Gasteiger partial charge in [-0.3, -0.25) is 4.79 Å². The second-order valence-electron chi connectivity index (χ2n) is 5.62. The fourth-order valence-corrected chi connectivity index (χ4v) is 2.97. The average molecular weight is 306 g/mol. The Balaban J connectivity index is 1.75. The number of anilines is 1. The molecule has 7 nitrogen and oxygen atoms in total. The summed E-state index contributed by atoms with van der Waals surface area (Å²) < 4.78 is 10.2. The van der Waals surface area contributed by atoms with Gasteiger partial charge >= 0.3 is 0 Å². The second-order valence-corrected chi connectivity index (χ2v) is 5.62. The molecule has 0 spiro atoms. The van der Waals surface area contributed by atoms with Crippen molar-refractivity contribution in [1.29, 1.82) is 0 Å². The summed E-state index contributed by atoms with van der Waals surface area (Å²) >= 11 is 0. The fraction of sp³-hybridized carbons (Fsp3) is 0.667. The average Bonchev–Trinajstić information content (AvgIpc) is 2.56. The molecule has 1 fully saturated rings. The molecule has 0 radical (unpaired) electrons. The van der Waals surface area contributed by atoms with Gasteiger partial charge in [-0.05, 0) is 19.3 Å². The van der Waals surface area contributed by atoms with Crippen LogP contribution in [0.5, 0.6) is 0 Å². The zero-order valence-electron chi connectivity index (χ0n) is 12.9. The third kappa shape index (κ3) is 3.36. The number of morpholine rings is 1. The normalized spacial score (nSPS) is 21.3. The maximum absolute atomic E-state index is 11.7. The van der Waals surface area contributed by atoms with Crippen molar-refractivity contribution in [1.82, 2.24) is 15.3 Å². The number of nitrogens with zero attached hydrogens (tertiary/aromatic N) is 3. The molecular weight excluding hydrogens is 284 g/mol. The van der Waals surface area contributed by atoms with Gasteiger partial charge < -0.3 is 19.7 Å². The molecular formula is C15H22N4O3. The van der Waals surface area contributed by atoms with Gasteiger partial charge in [-0.25, -0.2) is 9.97 Å². The van der Waals surface area contributed by atoms with E-state index in [-0.39, 0.29) is 18.6 Å². The third-order valence-electron chi connectivity index (χ3n) is 4.07. The van der Waals surface area contributed by atoms with Crippen LogP contribution in [0.25, 0.3) is 0 Å². The Hall–Kier alpha value is -1.73. The molecule has 1 atom stereocenters. The van der Waals surface area contributed by atoms with Gasteiger partial charge in [0.15, 0.2) is 0 Å². The largest absolute Gasteiger partial charge is 0.378 e. The number of methoxy groups -OCH3 is 1. The van der Waals surface area contributed by atoms with E-state index in [0.29, 0.717) is 0 Å². The molecule has 0 bridgehead atoms. The predicted molar refractivity (Wildman–Crippen MR) is 80.8 cm³/mol. The van der Waals surface area contributed by atoms with E-state index in [2.05, 4.69) is 15.2 Å². The summed E-state index contributed by atoms with van der Waals surface area (Å²) in [5.41, 5.74) is 2.08. The Morgan fingerprint density at radius 1 is 1.50 bits per heavy atom. The van der Waals surface area contributed by atoms with Gasteiger partial charge in [0.25, 0.3) is 0 Å². The van der Waals surface area contributed by atoms with E-state index in [0.717, 1.165) is 62.8 Å². The highest BCUT2D eigenvalue weighted by atomic mass is 16.5. The molecule has 1 unspecified atom stereocenters. The van der Waals surface area contributed by atoms with E-state index < -0.39 is 0 Å². The van der Waals surface area contributed by atoms with Gasteiger partial charge in [0.1, 0.15) is 6.61 Å².